The molecule has 0 aliphatic heterocycles. The van der Waals surface area contributed by atoms with E-state index in [0.29, 0.717) is 23.9 Å². The molecule has 0 aromatic carbocycles. The smallest absolute Gasteiger partial charge is 0.263 e. The number of ether oxygens (including phenoxy) is 1. The first-order valence-corrected chi connectivity index (χ1v) is 8.85. The van der Waals surface area contributed by atoms with E-state index in [1.54, 1.807) is 7.11 Å². The van der Waals surface area contributed by atoms with Gasteiger partial charge in [0.25, 0.3) is 5.91 Å². The maximum atomic E-state index is 12.2. The van der Waals surface area contributed by atoms with E-state index in [9.17, 15) is 9.90 Å². The predicted octanol–water partition coefficient (Wildman–Crippen LogP) is 2.66. The number of hydrogen-bond acceptors (Lipinski definition) is 5. The van der Waals surface area contributed by atoms with Crippen LogP contribution in [0.4, 0.5) is 0 Å². The Balaban J connectivity index is 1.73. The molecule has 1 aliphatic rings. The van der Waals surface area contributed by atoms with Gasteiger partial charge >= 0.3 is 0 Å². The highest BCUT2D eigenvalue weighted by atomic mass is 32.1. The Kier molecular flexibility index (Phi) is 6.79. The van der Waals surface area contributed by atoms with Crippen LogP contribution in [0.5, 0.6) is 0 Å². The van der Waals surface area contributed by atoms with Gasteiger partial charge in [-0.15, -0.1) is 11.3 Å². The average Bonchev–Trinajstić information content (AvgIpc) is 2.86. The number of rotatable bonds is 7. The number of carbonyl (C=O) groups excluding carboxylic acids is 1. The number of nitrogens with zero attached hydrogens (tertiary/aromatic N) is 1. The van der Waals surface area contributed by atoms with Crippen LogP contribution in [0.25, 0.3) is 0 Å². The number of carbonyl (C=O) groups is 1. The number of aryl methyl sites for hydroxylation is 1. The average molecular weight is 326 g/mol. The summed E-state index contributed by atoms with van der Waals surface area (Å²) < 4.78 is 5.04. The molecule has 1 aromatic heterocycles. The maximum Gasteiger partial charge on any atom is 0.263 e. The Hall–Kier alpha value is -0.980. The van der Waals surface area contributed by atoms with Crippen molar-refractivity contribution >= 4 is 17.2 Å². The Bertz CT molecular complexity index is 490. The molecule has 0 saturated heterocycles. The standard InChI is InChI=1S/C16H26N2O3S/c1-11-15(22-14(18-11)10-21-2)16(20)17-9-5-7-12-6-3-4-8-13(12)19/h12-13,19H,3-10H2,1-2H3,(H,17,20). The van der Waals surface area contributed by atoms with Gasteiger partial charge in [0.05, 0.1) is 18.4 Å². The Morgan fingerprint density at radius 3 is 2.95 bits per heavy atom. The van der Waals surface area contributed by atoms with E-state index in [-0.39, 0.29) is 12.0 Å². The van der Waals surface area contributed by atoms with E-state index < -0.39 is 0 Å². The van der Waals surface area contributed by atoms with Crippen LogP contribution in [0.15, 0.2) is 0 Å². The first-order chi connectivity index (χ1) is 10.6. The van der Waals surface area contributed by atoms with Crippen molar-refractivity contribution < 1.29 is 14.6 Å². The molecular formula is C16H26N2O3S. The summed E-state index contributed by atoms with van der Waals surface area (Å²) in [6, 6.07) is 0. The van der Waals surface area contributed by atoms with Crippen molar-refractivity contribution in [2.24, 2.45) is 5.92 Å². The molecule has 22 heavy (non-hydrogen) atoms. The minimum atomic E-state index is -0.148. The van der Waals surface area contributed by atoms with Gasteiger partial charge in [0, 0.05) is 13.7 Å². The molecule has 5 nitrogen and oxygen atoms in total. The Morgan fingerprint density at radius 1 is 1.45 bits per heavy atom. The van der Waals surface area contributed by atoms with Crippen molar-refractivity contribution in [3.05, 3.63) is 15.6 Å². The molecule has 1 aromatic rings. The van der Waals surface area contributed by atoms with Crippen LogP contribution in [0.1, 0.15) is 58.9 Å². The van der Waals surface area contributed by atoms with Crippen molar-refractivity contribution in [1.29, 1.82) is 0 Å². The fraction of sp³-hybridized carbons (Fsp3) is 0.750. The lowest BCUT2D eigenvalue weighted by atomic mass is 9.83. The molecule has 1 amide bonds. The van der Waals surface area contributed by atoms with Crippen molar-refractivity contribution in [2.75, 3.05) is 13.7 Å². The lowest BCUT2D eigenvalue weighted by molar-refractivity contribution is 0.0641. The van der Waals surface area contributed by atoms with Crippen molar-refractivity contribution in [2.45, 2.75) is 58.2 Å². The third-order valence-electron chi connectivity index (χ3n) is 4.22. The quantitative estimate of drug-likeness (QED) is 0.756. The van der Waals surface area contributed by atoms with Crippen LogP contribution >= 0.6 is 11.3 Å². The lowest BCUT2D eigenvalue weighted by Crippen LogP contribution is -2.27. The lowest BCUT2D eigenvalue weighted by Gasteiger charge is -2.27. The number of aliphatic hydroxyl groups is 1. The number of methoxy groups -OCH3 is 1. The van der Waals surface area contributed by atoms with Crippen LogP contribution in [0, 0.1) is 12.8 Å². The van der Waals surface area contributed by atoms with Crippen LogP contribution in [-0.4, -0.2) is 35.8 Å². The molecule has 2 N–H and O–H groups in total. The van der Waals surface area contributed by atoms with Crippen molar-refractivity contribution in [1.82, 2.24) is 10.3 Å². The van der Waals surface area contributed by atoms with Crippen molar-refractivity contribution in [3.8, 4) is 0 Å². The van der Waals surface area contributed by atoms with Crippen LogP contribution in [0.3, 0.4) is 0 Å². The number of aliphatic hydroxyl groups excluding tert-OH is 1. The number of nitrogens with one attached hydrogen (secondary N) is 1. The van der Waals surface area contributed by atoms with Gasteiger partial charge in [-0.1, -0.05) is 12.8 Å². The summed E-state index contributed by atoms with van der Waals surface area (Å²) in [5.41, 5.74) is 0.761. The molecular weight excluding hydrogens is 300 g/mol. The highest BCUT2D eigenvalue weighted by molar-refractivity contribution is 7.13. The third-order valence-corrected chi connectivity index (χ3v) is 5.35. The molecule has 2 rings (SSSR count). The zero-order valence-electron chi connectivity index (χ0n) is 13.4. The van der Waals surface area contributed by atoms with E-state index in [1.165, 1.54) is 17.8 Å². The second-order valence-electron chi connectivity index (χ2n) is 5.97. The molecule has 1 fully saturated rings. The van der Waals surface area contributed by atoms with Gasteiger partial charge in [-0.3, -0.25) is 4.79 Å². The largest absolute Gasteiger partial charge is 0.393 e. The van der Waals surface area contributed by atoms with Gasteiger partial charge in [0.1, 0.15) is 9.88 Å². The summed E-state index contributed by atoms with van der Waals surface area (Å²) in [5.74, 6) is 0.352. The molecule has 1 aliphatic carbocycles. The number of hydrogen-bond donors (Lipinski definition) is 2. The normalized spacial score (nSPS) is 21.8. The minimum Gasteiger partial charge on any atom is -0.393 e. The van der Waals surface area contributed by atoms with Crippen LogP contribution in [-0.2, 0) is 11.3 Å². The zero-order chi connectivity index (χ0) is 15.9. The Labute approximate surface area is 136 Å². The topological polar surface area (TPSA) is 71.5 Å². The van der Waals surface area contributed by atoms with Crippen molar-refractivity contribution in [3.63, 3.8) is 0 Å². The highest BCUT2D eigenvalue weighted by Gasteiger charge is 2.22. The molecule has 124 valence electrons. The van der Waals surface area contributed by atoms with E-state index in [0.717, 1.165) is 42.8 Å². The third kappa shape index (κ3) is 4.76. The fourth-order valence-corrected chi connectivity index (χ4v) is 3.97. The van der Waals surface area contributed by atoms with E-state index in [1.807, 2.05) is 6.92 Å². The van der Waals surface area contributed by atoms with E-state index in [2.05, 4.69) is 10.3 Å². The maximum absolute atomic E-state index is 12.2. The molecule has 0 spiro atoms. The second kappa shape index (κ2) is 8.60. The Morgan fingerprint density at radius 2 is 2.23 bits per heavy atom. The molecule has 1 saturated carbocycles. The molecule has 6 heteroatoms. The highest BCUT2D eigenvalue weighted by Crippen LogP contribution is 2.27. The zero-order valence-corrected chi connectivity index (χ0v) is 14.2. The van der Waals surface area contributed by atoms with Gasteiger partial charge in [0.2, 0.25) is 0 Å². The summed E-state index contributed by atoms with van der Waals surface area (Å²) >= 11 is 1.39. The summed E-state index contributed by atoms with van der Waals surface area (Å²) in [7, 11) is 1.62. The van der Waals surface area contributed by atoms with Crippen LogP contribution < -0.4 is 5.32 Å². The summed E-state index contributed by atoms with van der Waals surface area (Å²) in [6.45, 7) is 2.94. The molecule has 0 bridgehead atoms. The van der Waals surface area contributed by atoms with Crippen LogP contribution in [0.2, 0.25) is 0 Å². The van der Waals surface area contributed by atoms with E-state index in [4.69, 9.17) is 4.74 Å². The molecule has 1 heterocycles. The first-order valence-electron chi connectivity index (χ1n) is 8.03. The number of aromatic nitrogens is 1. The fourth-order valence-electron chi connectivity index (χ4n) is 3.02. The van der Waals surface area contributed by atoms with Gasteiger partial charge < -0.3 is 15.2 Å². The molecule has 2 atom stereocenters. The second-order valence-corrected chi connectivity index (χ2v) is 7.05. The number of amides is 1. The summed E-state index contributed by atoms with van der Waals surface area (Å²) in [5, 5.41) is 13.7. The monoisotopic (exact) mass is 326 g/mol. The minimum absolute atomic E-state index is 0.0541. The summed E-state index contributed by atoms with van der Waals surface area (Å²) in [6.07, 6.45) is 6.15. The molecule has 0 radical (unpaired) electrons. The SMILES string of the molecule is COCc1nc(C)c(C(=O)NCCCC2CCCCC2O)s1. The van der Waals surface area contributed by atoms with Gasteiger partial charge in [-0.2, -0.15) is 0 Å². The van der Waals surface area contributed by atoms with Gasteiger partial charge in [-0.25, -0.2) is 4.98 Å². The molecule has 2 unspecified atom stereocenters. The predicted molar refractivity (Wildman–Crippen MR) is 87.1 cm³/mol. The van der Waals surface area contributed by atoms with E-state index >= 15 is 0 Å². The summed E-state index contributed by atoms with van der Waals surface area (Å²) in [4.78, 5) is 17.2. The van der Waals surface area contributed by atoms with Gasteiger partial charge in [-0.05, 0) is 38.5 Å². The number of thiazole rings is 1. The van der Waals surface area contributed by atoms with Gasteiger partial charge in [0.15, 0.2) is 0 Å². The first kappa shape index (κ1) is 17.4.